The molecular formula is C12H13F3O3S. The van der Waals surface area contributed by atoms with Crippen LogP contribution in [0.25, 0.3) is 0 Å². The van der Waals surface area contributed by atoms with Gasteiger partial charge >= 0.3 is 6.18 Å². The van der Waals surface area contributed by atoms with Crippen molar-refractivity contribution in [1.29, 1.82) is 0 Å². The van der Waals surface area contributed by atoms with Crippen molar-refractivity contribution in [2.24, 2.45) is 0 Å². The van der Waals surface area contributed by atoms with Gasteiger partial charge < -0.3 is 0 Å². The Kier molecular flexibility index (Phi) is 4.75. The van der Waals surface area contributed by atoms with Gasteiger partial charge in [0.25, 0.3) is 10.1 Å². The number of halogens is 3. The first kappa shape index (κ1) is 15.7. The van der Waals surface area contributed by atoms with Crippen LogP contribution in [0.2, 0.25) is 0 Å². The number of allylic oxidation sites excluding steroid dienone is 1. The van der Waals surface area contributed by atoms with Crippen LogP contribution in [-0.4, -0.2) is 21.2 Å². The molecule has 0 bridgehead atoms. The molecule has 0 amide bonds. The van der Waals surface area contributed by atoms with Crippen LogP contribution in [0.4, 0.5) is 13.2 Å². The fourth-order valence-electron chi connectivity index (χ4n) is 1.14. The predicted octanol–water partition coefficient (Wildman–Crippen LogP) is 3.21. The molecule has 0 atom stereocenters. The van der Waals surface area contributed by atoms with E-state index in [0.29, 0.717) is 6.08 Å². The highest BCUT2D eigenvalue weighted by atomic mass is 32.2. The largest absolute Gasteiger partial charge is 0.412 e. The van der Waals surface area contributed by atoms with Crippen LogP contribution in [0.1, 0.15) is 12.5 Å². The monoisotopic (exact) mass is 294 g/mol. The van der Waals surface area contributed by atoms with Gasteiger partial charge in [-0.1, -0.05) is 17.7 Å². The molecule has 0 saturated carbocycles. The van der Waals surface area contributed by atoms with Crippen molar-refractivity contribution in [1.82, 2.24) is 0 Å². The smallest absolute Gasteiger partial charge is 0.262 e. The molecule has 0 aliphatic rings. The van der Waals surface area contributed by atoms with Gasteiger partial charge in [-0.15, -0.1) is 0 Å². The summed E-state index contributed by atoms with van der Waals surface area (Å²) < 4.78 is 64.3. The Labute approximate surface area is 109 Å². The molecule has 0 aliphatic carbocycles. The van der Waals surface area contributed by atoms with Crippen molar-refractivity contribution >= 4 is 10.1 Å². The molecule has 0 saturated heterocycles. The number of alkyl halides is 3. The third-order valence-electron chi connectivity index (χ3n) is 2.37. The second kappa shape index (κ2) is 5.75. The Balaban J connectivity index is 2.75. The second-order valence-corrected chi connectivity index (χ2v) is 5.55. The maximum Gasteiger partial charge on any atom is 0.412 e. The second-order valence-electron chi connectivity index (χ2n) is 3.94. The van der Waals surface area contributed by atoms with E-state index < -0.39 is 28.5 Å². The van der Waals surface area contributed by atoms with E-state index in [1.54, 1.807) is 19.1 Å². The van der Waals surface area contributed by atoms with E-state index in [1.807, 2.05) is 0 Å². The highest BCUT2D eigenvalue weighted by Gasteiger charge is 2.29. The molecule has 0 fully saturated rings. The minimum Gasteiger partial charge on any atom is -0.262 e. The summed E-state index contributed by atoms with van der Waals surface area (Å²) in [5, 5.41) is 0. The Bertz CT molecular complexity index is 557. The number of aryl methyl sites for hydroxylation is 1. The molecule has 0 spiro atoms. The van der Waals surface area contributed by atoms with Crippen LogP contribution in [0.15, 0.2) is 40.8 Å². The summed E-state index contributed by atoms with van der Waals surface area (Å²) in [4.78, 5) is -0.0869. The summed E-state index contributed by atoms with van der Waals surface area (Å²) in [6, 6.07) is 5.83. The van der Waals surface area contributed by atoms with Crippen molar-refractivity contribution in [3.63, 3.8) is 0 Å². The molecule has 1 aromatic rings. The number of hydrogen-bond acceptors (Lipinski definition) is 3. The van der Waals surface area contributed by atoms with E-state index in [9.17, 15) is 21.6 Å². The average Bonchev–Trinajstić information content (AvgIpc) is 2.28. The molecule has 7 heteroatoms. The van der Waals surface area contributed by atoms with Gasteiger partial charge in [0.1, 0.15) is 0 Å². The normalized spacial score (nSPS) is 13.6. The lowest BCUT2D eigenvalue weighted by Gasteiger charge is -2.07. The van der Waals surface area contributed by atoms with Crippen molar-refractivity contribution in [3.8, 4) is 0 Å². The summed E-state index contributed by atoms with van der Waals surface area (Å²) in [7, 11) is -4.03. The fraction of sp³-hybridized carbons (Fsp3) is 0.333. The quantitative estimate of drug-likeness (QED) is 0.632. The zero-order valence-electron chi connectivity index (χ0n) is 10.4. The summed E-state index contributed by atoms with van der Waals surface area (Å²) in [5.74, 6) is 0. The summed E-state index contributed by atoms with van der Waals surface area (Å²) in [6.07, 6.45) is -3.79. The third kappa shape index (κ3) is 4.68. The van der Waals surface area contributed by atoms with E-state index in [-0.39, 0.29) is 4.90 Å². The van der Waals surface area contributed by atoms with Crippen LogP contribution < -0.4 is 0 Å². The van der Waals surface area contributed by atoms with Gasteiger partial charge in [0, 0.05) is 5.57 Å². The molecular weight excluding hydrogens is 281 g/mol. The molecule has 3 nitrogen and oxygen atoms in total. The minimum atomic E-state index is -4.48. The zero-order chi connectivity index (χ0) is 14.7. The Hall–Kier alpha value is -1.34. The lowest BCUT2D eigenvalue weighted by Crippen LogP contribution is -2.11. The van der Waals surface area contributed by atoms with Gasteiger partial charge in [0.2, 0.25) is 0 Å². The first-order valence-electron chi connectivity index (χ1n) is 5.33. The molecule has 0 heterocycles. The third-order valence-corrected chi connectivity index (χ3v) is 3.67. The fourth-order valence-corrected chi connectivity index (χ4v) is 1.99. The zero-order valence-corrected chi connectivity index (χ0v) is 11.2. The first-order valence-corrected chi connectivity index (χ1v) is 6.74. The molecule has 0 N–H and O–H groups in total. The van der Waals surface area contributed by atoms with Crippen molar-refractivity contribution < 1.29 is 25.8 Å². The molecule has 106 valence electrons. The SMILES string of the molecule is C/C(=C\COS(=O)(=O)c1ccc(C)cc1)C(F)(F)F. The highest BCUT2D eigenvalue weighted by molar-refractivity contribution is 7.86. The lowest BCUT2D eigenvalue weighted by atomic mass is 10.2. The van der Waals surface area contributed by atoms with E-state index in [2.05, 4.69) is 4.18 Å². The lowest BCUT2D eigenvalue weighted by molar-refractivity contribution is -0.0917. The molecule has 0 unspecified atom stereocenters. The number of hydrogen-bond donors (Lipinski definition) is 0. The maximum atomic E-state index is 12.2. The highest BCUT2D eigenvalue weighted by Crippen LogP contribution is 2.24. The molecule has 1 rings (SSSR count). The standard InChI is InChI=1S/C12H13F3O3S/c1-9-3-5-11(6-4-9)19(16,17)18-8-7-10(2)12(13,14)15/h3-7H,8H2,1-2H3/b10-7+. The predicted molar refractivity (Wildman–Crippen MR) is 64.1 cm³/mol. The number of rotatable bonds is 4. The molecule has 0 aromatic heterocycles. The van der Waals surface area contributed by atoms with Gasteiger partial charge in [-0.25, -0.2) is 0 Å². The van der Waals surface area contributed by atoms with E-state index >= 15 is 0 Å². The van der Waals surface area contributed by atoms with Crippen LogP contribution in [0.3, 0.4) is 0 Å². The van der Waals surface area contributed by atoms with Crippen LogP contribution in [0, 0.1) is 6.92 Å². The average molecular weight is 294 g/mol. The van der Waals surface area contributed by atoms with Crippen molar-refractivity contribution in [3.05, 3.63) is 41.5 Å². The summed E-state index contributed by atoms with van der Waals surface area (Å²) in [5.41, 5.74) is -0.0293. The van der Waals surface area contributed by atoms with Gasteiger partial charge in [-0.05, 0) is 32.1 Å². The van der Waals surface area contributed by atoms with Crippen LogP contribution in [0.5, 0.6) is 0 Å². The first-order chi connectivity index (χ1) is 8.63. The number of benzene rings is 1. The topological polar surface area (TPSA) is 43.4 Å². The molecule has 1 aromatic carbocycles. The molecule has 0 aliphatic heterocycles. The summed E-state index contributed by atoms with van der Waals surface area (Å²) >= 11 is 0. The Morgan fingerprint density at radius 1 is 1.26 bits per heavy atom. The van der Waals surface area contributed by atoms with Crippen molar-refractivity contribution in [2.45, 2.75) is 24.9 Å². The molecule has 0 radical (unpaired) electrons. The minimum absolute atomic E-state index is 0.0869. The molecule has 19 heavy (non-hydrogen) atoms. The Morgan fingerprint density at radius 2 is 1.79 bits per heavy atom. The Morgan fingerprint density at radius 3 is 2.26 bits per heavy atom. The van der Waals surface area contributed by atoms with Gasteiger partial charge in [-0.2, -0.15) is 21.6 Å². The van der Waals surface area contributed by atoms with E-state index in [1.165, 1.54) is 12.1 Å². The van der Waals surface area contributed by atoms with E-state index in [4.69, 9.17) is 0 Å². The van der Waals surface area contributed by atoms with Crippen LogP contribution in [-0.2, 0) is 14.3 Å². The van der Waals surface area contributed by atoms with Crippen molar-refractivity contribution in [2.75, 3.05) is 6.61 Å². The van der Waals surface area contributed by atoms with Gasteiger partial charge in [0.15, 0.2) is 0 Å². The maximum absolute atomic E-state index is 12.2. The van der Waals surface area contributed by atoms with E-state index in [0.717, 1.165) is 12.5 Å². The van der Waals surface area contributed by atoms with Gasteiger partial charge in [0.05, 0.1) is 11.5 Å². The van der Waals surface area contributed by atoms with Gasteiger partial charge in [-0.3, -0.25) is 4.18 Å². The van der Waals surface area contributed by atoms with Crippen LogP contribution >= 0.6 is 0 Å². The summed E-state index contributed by atoms with van der Waals surface area (Å²) in [6.45, 7) is 1.98.